The molecule has 0 saturated carbocycles. The van der Waals surface area contributed by atoms with Gasteiger partial charge in [-0.3, -0.25) is 9.59 Å². The Kier molecular flexibility index (Phi) is 3.57. The molecule has 0 spiro atoms. The fourth-order valence-corrected chi connectivity index (χ4v) is 3.70. The van der Waals surface area contributed by atoms with Crippen LogP contribution in [0.15, 0.2) is 57.8 Å². The average molecular weight is 336 g/mol. The van der Waals surface area contributed by atoms with Crippen LogP contribution >= 0.6 is 0 Å². The number of carboxylic acids is 1. The molecule has 0 fully saturated rings. The molecule has 0 amide bonds. The predicted molar refractivity (Wildman–Crippen MR) is 93.0 cm³/mol. The molecule has 0 saturated heterocycles. The monoisotopic (exact) mass is 336 g/mol. The van der Waals surface area contributed by atoms with E-state index in [-0.39, 0.29) is 17.1 Å². The number of carboxylic acid groups (broad SMARTS) is 1. The van der Waals surface area contributed by atoms with Crippen LogP contribution in [0.3, 0.4) is 0 Å². The molecule has 25 heavy (non-hydrogen) atoms. The van der Waals surface area contributed by atoms with E-state index >= 15 is 0 Å². The van der Waals surface area contributed by atoms with E-state index in [2.05, 4.69) is 0 Å². The van der Waals surface area contributed by atoms with Gasteiger partial charge in [0, 0.05) is 29.0 Å². The lowest BCUT2D eigenvalue weighted by Crippen LogP contribution is -2.24. The van der Waals surface area contributed by atoms with Crippen molar-refractivity contribution in [2.24, 2.45) is 5.92 Å². The molecule has 5 nitrogen and oxygen atoms in total. The van der Waals surface area contributed by atoms with Crippen molar-refractivity contribution in [1.82, 2.24) is 0 Å². The van der Waals surface area contributed by atoms with E-state index in [1.165, 1.54) is 18.2 Å². The van der Waals surface area contributed by atoms with Crippen LogP contribution in [0.2, 0.25) is 0 Å². The second kappa shape index (κ2) is 5.77. The molecule has 1 heterocycles. The highest BCUT2D eigenvalue weighted by Gasteiger charge is 2.33. The minimum absolute atomic E-state index is 0.0538. The van der Waals surface area contributed by atoms with Gasteiger partial charge in [0.1, 0.15) is 17.1 Å². The zero-order valence-corrected chi connectivity index (χ0v) is 13.3. The number of aromatic hydroxyl groups is 1. The first-order valence-electron chi connectivity index (χ1n) is 8.12. The molecule has 0 radical (unpaired) electrons. The van der Waals surface area contributed by atoms with Crippen LogP contribution in [-0.4, -0.2) is 16.2 Å². The number of hydrogen-bond acceptors (Lipinski definition) is 4. The van der Waals surface area contributed by atoms with Crippen molar-refractivity contribution in [3.8, 4) is 17.1 Å². The lowest BCUT2D eigenvalue weighted by Gasteiger charge is -2.29. The molecule has 0 unspecified atom stereocenters. The fourth-order valence-electron chi connectivity index (χ4n) is 3.70. The van der Waals surface area contributed by atoms with Crippen molar-refractivity contribution < 1.29 is 19.4 Å². The number of benzene rings is 2. The van der Waals surface area contributed by atoms with Crippen LogP contribution < -0.4 is 5.43 Å². The van der Waals surface area contributed by atoms with Crippen LogP contribution in [0.25, 0.3) is 22.3 Å². The Hall–Kier alpha value is -3.08. The zero-order chi connectivity index (χ0) is 17.6. The van der Waals surface area contributed by atoms with E-state index in [9.17, 15) is 19.8 Å². The van der Waals surface area contributed by atoms with E-state index in [0.717, 1.165) is 16.5 Å². The molecular weight excluding hydrogens is 320 g/mol. The van der Waals surface area contributed by atoms with E-state index < -0.39 is 11.9 Å². The zero-order valence-electron chi connectivity index (χ0n) is 13.3. The van der Waals surface area contributed by atoms with Crippen LogP contribution in [0.4, 0.5) is 0 Å². The third-order valence-corrected chi connectivity index (χ3v) is 4.84. The van der Waals surface area contributed by atoms with E-state index in [1.54, 1.807) is 18.2 Å². The molecule has 2 atom stereocenters. The number of fused-ring (bicyclic) bond motifs is 2. The highest BCUT2D eigenvalue weighted by atomic mass is 16.4. The third-order valence-electron chi connectivity index (χ3n) is 4.84. The van der Waals surface area contributed by atoms with Gasteiger partial charge in [-0.15, -0.1) is 0 Å². The molecule has 1 aliphatic heterocycles. The van der Waals surface area contributed by atoms with Gasteiger partial charge in [0.05, 0.1) is 5.92 Å². The summed E-state index contributed by atoms with van der Waals surface area (Å²) in [5.41, 5.74) is 1.85. The van der Waals surface area contributed by atoms with E-state index in [0.29, 0.717) is 24.2 Å². The third kappa shape index (κ3) is 2.58. The van der Waals surface area contributed by atoms with Gasteiger partial charge in [-0.05, 0) is 42.7 Å². The predicted octanol–water partition coefficient (Wildman–Crippen LogP) is 3.74. The topological polar surface area (TPSA) is 87.7 Å². The molecule has 1 aromatic carbocycles. The van der Waals surface area contributed by atoms with Crippen LogP contribution in [0, 0.1) is 5.92 Å². The summed E-state index contributed by atoms with van der Waals surface area (Å²) in [6.45, 7) is 0. The largest absolute Gasteiger partial charge is 0.508 e. The highest BCUT2D eigenvalue weighted by molar-refractivity contribution is 5.90. The summed E-state index contributed by atoms with van der Waals surface area (Å²) in [5, 5.41) is 20.2. The van der Waals surface area contributed by atoms with Gasteiger partial charge < -0.3 is 14.6 Å². The molecule has 1 aromatic rings. The minimum atomic E-state index is -0.837. The Morgan fingerprint density at radius 2 is 1.88 bits per heavy atom. The van der Waals surface area contributed by atoms with Crippen molar-refractivity contribution in [2.45, 2.75) is 18.8 Å². The minimum Gasteiger partial charge on any atom is -0.508 e. The van der Waals surface area contributed by atoms with Crippen LogP contribution in [0.1, 0.15) is 24.3 Å². The summed E-state index contributed by atoms with van der Waals surface area (Å²) in [6, 6.07) is 9.35. The summed E-state index contributed by atoms with van der Waals surface area (Å²) in [7, 11) is 0. The molecule has 0 bridgehead atoms. The van der Waals surface area contributed by atoms with Gasteiger partial charge in [0.25, 0.3) is 0 Å². The van der Waals surface area contributed by atoms with Gasteiger partial charge in [0.2, 0.25) is 0 Å². The Morgan fingerprint density at radius 1 is 1.08 bits per heavy atom. The summed E-state index contributed by atoms with van der Waals surface area (Å²) < 4.78 is 5.81. The Morgan fingerprint density at radius 3 is 2.68 bits per heavy atom. The maximum Gasteiger partial charge on any atom is 0.307 e. The number of aliphatic carboxylic acids is 1. The smallest absolute Gasteiger partial charge is 0.307 e. The van der Waals surface area contributed by atoms with Gasteiger partial charge in [-0.1, -0.05) is 12.2 Å². The number of allylic oxidation sites excluding steroid dienone is 2. The Bertz CT molecular complexity index is 1030. The molecule has 5 heteroatoms. The van der Waals surface area contributed by atoms with Gasteiger partial charge in [0.15, 0.2) is 5.43 Å². The molecule has 2 N–H and O–H groups in total. The Labute approximate surface area is 143 Å². The first-order valence-corrected chi connectivity index (χ1v) is 8.12. The maximum absolute atomic E-state index is 11.8. The van der Waals surface area contributed by atoms with E-state index in [4.69, 9.17) is 4.42 Å². The number of rotatable bonds is 2. The summed E-state index contributed by atoms with van der Waals surface area (Å²) in [5.74, 6) is -1.15. The maximum atomic E-state index is 11.8. The van der Waals surface area contributed by atoms with Crippen LogP contribution in [-0.2, 0) is 4.79 Å². The summed E-state index contributed by atoms with van der Waals surface area (Å²) >= 11 is 0. The molecule has 4 rings (SSSR count). The lowest BCUT2D eigenvalue weighted by molar-refractivity contribution is -0.142. The van der Waals surface area contributed by atoms with E-state index in [1.807, 2.05) is 12.2 Å². The standard InChI is InChI=1S/C20H16O5/c21-11-5-7-15-17(9-11)25-18-10-12(22)6-8-16(18)19(15)13-3-1-2-4-14(13)20(23)24/h1-2,5-10,13-14,21H,3-4H2,(H,23,24)/t13-,14+/m0/s1. The first-order chi connectivity index (χ1) is 12.0. The quantitative estimate of drug-likeness (QED) is 0.550. The average Bonchev–Trinajstić information content (AvgIpc) is 2.59. The number of hydrogen-bond donors (Lipinski definition) is 2. The molecule has 126 valence electrons. The number of phenols is 1. The van der Waals surface area contributed by atoms with Crippen molar-refractivity contribution in [1.29, 1.82) is 0 Å². The van der Waals surface area contributed by atoms with Gasteiger partial charge in [-0.25, -0.2) is 0 Å². The van der Waals surface area contributed by atoms with Gasteiger partial charge >= 0.3 is 5.97 Å². The molecule has 0 aromatic heterocycles. The second-order valence-electron chi connectivity index (χ2n) is 6.35. The van der Waals surface area contributed by atoms with Crippen molar-refractivity contribution in [2.75, 3.05) is 0 Å². The van der Waals surface area contributed by atoms with Crippen molar-refractivity contribution in [3.63, 3.8) is 0 Å². The summed E-state index contributed by atoms with van der Waals surface area (Å²) in [4.78, 5) is 23.5. The first kappa shape index (κ1) is 15.4. The second-order valence-corrected chi connectivity index (χ2v) is 6.35. The lowest BCUT2D eigenvalue weighted by atomic mass is 9.75. The highest BCUT2D eigenvalue weighted by Crippen LogP contribution is 2.44. The number of phenolic OH excluding ortho intramolecular Hbond substituents is 1. The SMILES string of the molecule is O=C(O)[C@@H]1CC=CC[C@@H]1c1c2ccc(=O)cc-2oc2cc(O)ccc12. The van der Waals surface area contributed by atoms with Crippen LogP contribution in [0.5, 0.6) is 5.75 Å². The van der Waals surface area contributed by atoms with Crippen molar-refractivity contribution in [3.05, 3.63) is 64.3 Å². The molecule has 2 aliphatic carbocycles. The number of carbonyl (C=O) groups is 1. The summed E-state index contributed by atoms with van der Waals surface area (Å²) in [6.07, 6.45) is 4.96. The normalized spacial score (nSPS) is 20.2. The molecular formula is C20H16O5. The fraction of sp³-hybridized carbons (Fsp3) is 0.200. The van der Waals surface area contributed by atoms with Gasteiger partial charge in [-0.2, -0.15) is 0 Å². The molecule has 3 aliphatic rings. The van der Waals surface area contributed by atoms with Crippen molar-refractivity contribution >= 4 is 16.9 Å². The Balaban J connectivity index is 2.07.